The Hall–Kier alpha value is -1.63. The summed E-state index contributed by atoms with van der Waals surface area (Å²) in [5.41, 5.74) is 0. The molecular weight excluding hydrogens is 272 g/mol. The van der Waals surface area contributed by atoms with E-state index in [0.717, 1.165) is 13.0 Å². The second kappa shape index (κ2) is 8.61. The van der Waals surface area contributed by atoms with Crippen LogP contribution in [0.1, 0.15) is 20.3 Å². The number of rotatable bonds is 4. The minimum absolute atomic E-state index is 0.0572. The van der Waals surface area contributed by atoms with Gasteiger partial charge in [0.25, 0.3) is 0 Å². The average Bonchev–Trinajstić information content (AvgIpc) is 2.75. The zero-order valence-corrected chi connectivity index (χ0v) is 13.2. The van der Waals surface area contributed by atoms with E-state index in [1.165, 1.54) is 11.9 Å². The molecule has 1 aliphatic heterocycles. The topological polar surface area (TPSA) is 73.0 Å². The van der Waals surface area contributed by atoms with Crippen molar-refractivity contribution in [1.29, 1.82) is 0 Å². The maximum Gasteiger partial charge on any atom is 0.312 e. The van der Waals surface area contributed by atoms with E-state index in [-0.39, 0.29) is 12.5 Å². The summed E-state index contributed by atoms with van der Waals surface area (Å²) in [6.07, 6.45) is 0.834. The maximum atomic E-state index is 12.2. The van der Waals surface area contributed by atoms with Gasteiger partial charge >= 0.3 is 11.8 Å². The molecule has 7 nitrogen and oxygen atoms in total. The largest absolute Gasteiger partial charge is 0.342 e. The Bertz CT molecular complexity index is 374. The van der Waals surface area contributed by atoms with E-state index < -0.39 is 11.8 Å². The van der Waals surface area contributed by atoms with Crippen molar-refractivity contribution in [3.8, 4) is 0 Å². The van der Waals surface area contributed by atoms with Gasteiger partial charge in [0.15, 0.2) is 0 Å². The predicted molar refractivity (Wildman–Crippen MR) is 79.6 cm³/mol. The van der Waals surface area contributed by atoms with Gasteiger partial charge in [0.1, 0.15) is 0 Å². The van der Waals surface area contributed by atoms with Gasteiger partial charge in [0.2, 0.25) is 5.91 Å². The zero-order chi connectivity index (χ0) is 15.8. The first-order valence-corrected chi connectivity index (χ1v) is 7.54. The lowest BCUT2D eigenvalue weighted by molar-refractivity contribution is -0.152. The van der Waals surface area contributed by atoms with Crippen LogP contribution in [0.15, 0.2) is 0 Å². The fraction of sp³-hybridized carbons (Fsp3) is 0.786. The molecule has 0 unspecified atom stereocenters. The molecule has 1 fully saturated rings. The van der Waals surface area contributed by atoms with Gasteiger partial charge in [-0.05, 0) is 26.8 Å². The van der Waals surface area contributed by atoms with Crippen LogP contribution in [0.5, 0.6) is 0 Å². The molecule has 3 amide bonds. The molecule has 1 saturated heterocycles. The fourth-order valence-corrected chi connectivity index (χ4v) is 2.30. The molecule has 1 heterocycles. The quantitative estimate of drug-likeness (QED) is 0.685. The number of carbonyl (C=O) groups is 3. The van der Waals surface area contributed by atoms with E-state index in [0.29, 0.717) is 32.7 Å². The van der Waals surface area contributed by atoms with E-state index in [1.54, 1.807) is 9.80 Å². The Morgan fingerprint density at radius 1 is 1.10 bits per heavy atom. The van der Waals surface area contributed by atoms with Crippen LogP contribution in [0.25, 0.3) is 0 Å². The molecule has 7 heteroatoms. The Morgan fingerprint density at radius 3 is 2.38 bits per heavy atom. The lowest BCUT2D eigenvalue weighted by Gasteiger charge is -2.25. The van der Waals surface area contributed by atoms with Crippen molar-refractivity contribution in [1.82, 2.24) is 20.0 Å². The summed E-state index contributed by atoms with van der Waals surface area (Å²) < 4.78 is 0. The third kappa shape index (κ3) is 5.00. The van der Waals surface area contributed by atoms with Crippen LogP contribution in [0.4, 0.5) is 0 Å². The van der Waals surface area contributed by atoms with Gasteiger partial charge < -0.3 is 20.0 Å². The number of amides is 3. The lowest BCUT2D eigenvalue weighted by atomic mass is 10.3. The summed E-state index contributed by atoms with van der Waals surface area (Å²) >= 11 is 0. The molecule has 0 aromatic rings. The monoisotopic (exact) mass is 298 g/mol. The summed E-state index contributed by atoms with van der Waals surface area (Å²) in [7, 11) is 1.50. The Morgan fingerprint density at radius 2 is 1.76 bits per heavy atom. The standard InChI is InChI=1S/C14H26N4O3/c1-4-17(5-2)12(19)11-16(3)13(20)14(21)18-9-6-7-15-8-10-18/h15H,4-11H2,1-3H3. The van der Waals surface area contributed by atoms with Crippen molar-refractivity contribution < 1.29 is 14.4 Å². The minimum Gasteiger partial charge on any atom is -0.342 e. The fourth-order valence-electron chi connectivity index (χ4n) is 2.30. The molecule has 21 heavy (non-hydrogen) atoms. The summed E-state index contributed by atoms with van der Waals surface area (Å²) in [6, 6.07) is 0. The van der Waals surface area contributed by atoms with Crippen LogP contribution < -0.4 is 5.32 Å². The normalized spacial score (nSPS) is 15.3. The molecule has 0 bridgehead atoms. The van der Waals surface area contributed by atoms with Gasteiger partial charge in [-0.25, -0.2) is 0 Å². The molecule has 0 aromatic heterocycles. The highest BCUT2D eigenvalue weighted by atomic mass is 16.2. The molecule has 1 N–H and O–H groups in total. The van der Waals surface area contributed by atoms with Gasteiger partial charge in [0.05, 0.1) is 6.54 Å². The molecule has 0 radical (unpaired) electrons. The van der Waals surface area contributed by atoms with E-state index >= 15 is 0 Å². The van der Waals surface area contributed by atoms with Crippen molar-refractivity contribution >= 4 is 17.7 Å². The molecule has 120 valence electrons. The Kier molecular flexibility index (Phi) is 7.14. The summed E-state index contributed by atoms with van der Waals surface area (Å²) in [5.74, 6) is -1.27. The lowest BCUT2D eigenvalue weighted by Crippen LogP contribution is -2.48. The molecule has 0 aromatic carbocycles. The SMILES string of the molecule is CCN(CC)C(=O)CN(C)C(=O)C(=O)N1CCCNCC1. The van der Waals surface area contributed by atoms with Gasteiger partial charge in [-0.2, -0.15) is 0 Å². The van der Waals surface area contributed by atoms with E-state index in [2.05, 4.69) is 5.32 Å². The van der Waals surface area contributed by atoms with Crippen LogP contribution in [0.3, 0.4) is 0 Å². The van der Waals surface area contributed by atoms with Gasteiger partial charge in [-0.3, -0.25) is 14.4 Å². The van der Waals surface area contributed by atoms with Crippen molar-refractivity contribution in [2.45, 2.75) is 20.3 Å². The number of hydrogen-bond acceptors (Lipinski definition) is 4. The van der Waals surface area contributed by atoms with Gasteiger partial charge in [-0.1, -0.05) is 0 Å². The highest BCUT2D eigenvalue weighted by Gasteiger charge is 2.27. The third-order valence-corrected chi connectivity index (χ3v) is 3.65. The maximum absolute atomic E-state index is 12.2. The summed E-state index contributed by atoms with van der Waals surface area (Å²) in [5, 5.41) is 3.18. The number of likely N-dealkylation sites (N-methyl/N-ethyl adjacent to an activating group) is 2. The number of hydrogen-bond donors (Lipinski definition) is 1. The third-order valence-electron chi connectivity index (χ3n) is 3.65. The van der Waals surface area contributed by atoms with Crippen molar-refractivity contribution in [2.24, 2.45) is 0 Å². The van der Waals surface area contributed by atoms with Crippen LogP contribution in [0.2, 0.25) is 0 Å². The Labute approximate surface area is 126 Å². The predicted octanol–water partition coefficient (Wildman–Crippen LogP) is -0.865. The number of nitrogens with one attached hydrogen (secondary N) is 1. The highest BCUT2D eigenvalue weighted by molar-refractivity contribution is 6.35. The number of carbonyl (C=O) groups excluding carboxylic acids is 3. The van der Waals surface area contributed by atoms with Crippen LogP contribution in [-0.2, 0) is 14.4 Å². The molecule has 1 aliphatic rings. The zero-order valence-electron chi connectivity index (χ0n) is 13.2. The Balaban J connectivity index is 2.56. The minimum atomic E-state index is -0.614. The molecule has 1 rings (SSSR count). The van der Waals surface area contributed by atoms with Crippen molar-refractivity contribution in [2.75, 3.05) is 52.9 Å². The average molecular weight is 298 g/mol. The summed E-state index contributed by atoms with van der Waals surface area (Å²) in [6.45, 7) is 7.58. The van der Waals surface area contributed by atoms with Gasteiger partial charge in [-0.15, -0.1) is 0 Å². The molecule has 0 saturated carbocycles. The number of nitrogens with zero attached hydrogens (tertiary/aromatic N) is 3. The van der Waals surface area contributed by atoms with E-state index in [9.17, 15) is 14.4 Å². The second-order valence-corrected chi connectivity index (χ2v) is 5.12. The van der Waals surface area contributed by atoms with E-state index in [4.69, 9.17) is 0 Å². The molecular formula is C14H26N4O3. The smallest absolute Gasteiger partial charge is 0.312 e. The molecule has 0 spiro atoms. The summed E-state index contributed by atoms with van der Waals surface area (Å²) in [4.78, 5) is 40.7. The molecule has 0 aliphatic carbocycles. The van der Waals surface area contributed by atoms with Crippen LogP contribution >= 0.6 is 0 Å². The van der Waals surface area contributed by atoms with Crippen LogP contribution in [0, 0.1) is 0 Å². The second-order valence-electron chi connectivity index (χ2n) is 5.12. The molecule has 0 atom stereocenters. The van der Waals surface area contributed by atoms with E-state index in [1.807, 2.05) is 13.8 Å². The van der Waals surface area contributed by atoms with Crippen molar-refractivity contribution in [3.63, 3.8) is 0 Å². The first-order valence-electron chi connectivity index (χ1n) is 7.54. The first kappa shape index (κ1) is 17.4. The highest BCUT2D eigenvalue weighted by Crippen LogP contribution is 2.00. The van der Waals surface area contributed by atoms with Crippen molar-refractivity contribution in [3.05, 3.63) is 0 Å². The van der Waals surface area contributed by atoms with Gasteiger partial charge in [0, 0.05) is 39.8 Å². The first-order chi connectivity index (χ1) is 10.0. The van der Waals surface area contributed by atoms with Crippen LogP contribution in [-0.4, -0.2) is 85.3 Å².